The predicted octanol–water partition coefficient (Wildman–Crippen LogP) is 3.38. The fraction of sp³-hybridized carbons (Fsp3) is 0.381. The smallest absolute Gasteiger partial charge is 0.326 e. The fourth-order valence-corrected chi connectivity index (χ4v) is 3.26. The van der Waals surface area contributed by atoms with Crippen LogP contribution < -0.4 is 5.32 Å². The van der Waals surface area contributed by atoms with Crippen LogP contribution in [-0.4, -0.2) is 33.4 Å². The summed E-state index contributed by atoms with van der Waals surface area (Å²) < 4.78 is 1.69. The molecule has 2 atom stereocenters. The summed E-state index contributed by atoms with van der Waals surface area (Å²) >= 11 is 5.88. The molecule has 2 unspecified atom stereocenters. The predicted molar refractivity (Wildman–Crippen MR) is 108 cm³/mol. The molecule has 6 nitrogen and oxygen atoms in total. The number of carboxylic acids is 1. The third-order valence-corrected chi connectivity index (χ3v) is 5.23. The van der Waals surface area contributed by atoms with Crippen LogP contribution in [-0.2, 0) is 23.1 Å². The van der Waals surface area contributed by atoms with Gasteiger partial charge in [0.05, 0.1) is 12.1 Å². The lowest BCUT2D eigenvalue weighted by Gasteiger charge is -2.20. The van der Waals surface area contributed by atoms with E-state index in [1.54, 1.807) is 48.9 Å². The lowest BCUT2D eigenvalue weighted by Crippen LogP contribution is -2.45. The van der Waals surface area contributed by atoms with Crippen LogP contribution in [0.25, 0.3) is 0 Å². The van der Waals surface area contributed by atoms with Crippen molar-refractivity contribution in [2.45, 2.75) is 39.7 Å². The van der Waals surface area contributed by atoms with Crippen LogP contribution in [0.2, 0.25) is 5.02 Å². The molecule has 0 fully saturated rings. The van der Waals surface area contributed by atoms with Crippen LogP contribution >= 0.6 is 11.6 Å². The third kappa shape index (κ3) is 4.81. The molecule has 1 heterocycles. The summed E-state index contributed by atoms with van der Waals surface area (Å²) in [6.45, 7) is 5.47. The van der Waals surface area contributed by atoms with Gasteiger partial charge in [-0.3, -0.25) is 9.59 Å². The fourth-order valence-electron chi connectivity index (χ4n) is 3.13. The summed E-state index contributed by atoms with van der Waals surface area (Å²) in [6, 6.07) is 7.47. The number of carbonyl (C=O) groups excluding carboxylic acids is 2. The summed E-state index contributed by atoms with van der Waals surface area (Å²) in [5.74, 6) is -1.78. The molecule has 1 amide bonds. The van der Waals surface area contributed by atoms with Gasteiger partial charge in [-0.1, -0.05) is 31.9 Å². The van der Waals surface area contributed by atoms with E-state index >= 15 is 0 Å². The molecule has 0 saturated carbocycles. The van der Waals surface area contributed by atoms with Gasteiger partial charge in [0.2, 0.25) is 11.7 Å². The first-order valence-electron chi connectivity index (χ1n) is 9.13. The Morgan fingerprint density at radius 2 is 1.82 bits per heavy atom. The minimum atomic E-state index is -1.05. The van der Waals surface area contributed by atoms with E-state index in [4.69, 9.17) is 11.6 Å². The highest BCUT2D eigenvalue weighted by molar-refractivity contribution is 6.30. The molecule has 7 heteroatoms. The Morgan fingerprint density at radius 3 is 2.36 bits per heavy atom. The largest absolute Gasteiger partial charge is 0.480 e. The van der Waals surface area contributed by atoms with Crippen LogP contribution in [0.3, 0.4) is 0 Å². The number of benzene rings is 1. The van der Waals surface area contributed by atoms with Gasteiger partial charge in [-0.05, 0) is 48.7 Å². The Bertz CT molecular complexity index is 887. The second kappa shape index (κ2) is 9.06. The van der Waals surface area contributed by atoms with Gasteiger partial charge in [0.25, 0.3) is 0 Å². The van der Waals surface area contributed by atoms with Crippen molar-refractivity contribution in [3.8, 4) is 0 Å². The van der Waals surface area contributed by atoms with E-state index in [-0.39, 0.29) is 18.1 Å². The highest BCUT2D eigenvalue weighted by Crippen LogP contribution is 2.20. The monoisotopic (exact) mass is 404 g/mol. The van der Waals surface area contributed by atoms with Crippen molar-refractivity contribution < 1.29 is 19.5 Å². The molecule has 2 rings (SSSR count). The molecule has 2 aromatic rings. The number of carboxylic acid groups (broad SMARTS) is 1. The molecular formula is C21H25ClN2O4. The molecule has 0 radical (unpaired) electrons. The minimum absolute atomic E-state index is 0.00848. The van der Waals surface area contributed by atoms with Gasteiger partial charge in [0.1, 0.15) is 6.04 Å². The van der Waals surface area contributed by atoms with Gasteiger partial charge in [0.15, 0.2) is 0 Å². The van der Waals surface area contributed by atoms with Gasteiger partial charge in [0, 0.05) is 23.3 Å². The van der Waals surface area contributed by atoms with Gasteiger partial charge >= 0.3 is 5.97 Å². The molecule has 0 aliphatic carbocycles. The summed E-state index contributed by atoms with van der Waals surface area (Å²) in [5.41, 5.74) is 2.39. The maximum Gasteiger partial charge on any atom is 0.326 e. The second-order valence-corrected chi connectivity index (χ2v) is 7.44. The average molecular weight is 405 g/mol. The standard InChI is InChI=1S/C21H25ClN2O4/c1-5-12(2)18(21(27)28)23-17(25)11-16-10-13(3)19(24(16)4)20(26)14-6-8-15(22)9-7-14/h6-10,12,18H,5,11H2,1-4H3,(H,23,25)(H,27,28). The molecular weight excluding hydrogens is 380 g/mol. The quantitative estimate of drug-likeness (QED) is 0.660. The zero-order valence-electron chi connectivity index (χ0n) is 16.5. The first-order chi connectivity index (χ1) is 13.1. The summed E-state index contributed by atoms with van der Waals surface area (Å²) in [5, 5.41) is 12.5. The van der Waals surface area contributed by atoms with Gasteiger partial charge < -0.3 is 15.0 Å². The van der Waals surface area contributed by atoms with Crippen LogP contribution in [0.1, 0.15) is 47.6 Å². The molecule has 0 aliphatic rings. The van der Waals surface area contributed by atoms with Crippen molar-refractivity contribution >= 4 is 29.3 Å². The van der Waals surface area contributed by atoms with Crippen molar-refractivity contribution in [2.75, 3.05) is 0 Å². The SMILES string of the molecule is CCC(C)C(NC(=O)Cc1cc(C)c(C(=O)c2ccc(Cl)cc2)n1C)C(=O)O. The summed E-state index contributed by atoms with van der Waals surface area (Å²) in [4.78, 5) is 36.7. The van der Waals surface area contributed by atoms with E-state index in [1.807, 2.05) is 13.8 Å². The van der Waals surface area contributed by atoms with Crippen LogP contribution in [0, 0.1) is 12.8 Å². The van der Waals surface area contributed by atoms with E-state index in [1.165, 1.54) is 0 Å². The Morgan fingerprint density at radius 1 is 1.21 bits per heavy atom. The van der Waals surface area contributed by atoms with Crippen molar-refractivity contribution in [3.05, 3.63) is 57.9 Å². The zero-order valence-corrected chi connectivity index (χ0v) is 17.2. The first-order valence-corrected chi connectivity index (χ1v) is 9.51. The number of aryl methyl sites for hydroxylation is 1. The number of nitrogens with zero attached hydrogens (tertiary/aromatic N) is 1. The van der Waals surface area contributed by atoms with Gasteiger partial charge in [-0.25, -0.2) is 4.79 Å². The lowest BCUT2D eigenvalue weighted by atomic mass is 9.99. The molecule has 0 spiro atoms. The number of halogens is 1. The minimum Gasteiger partial charge on any atom is -0.480 e. The number of ketones is 1. The maximum atomic E-state index is 12.9. The Hall–Kier alpha value is -2.60. The number of aromatic nitrogens is 1. The van der Waals surface area contributed by atoms with Crippen LogP contribution in [0.15, 0.2) is 30.3 Å². The van der Waals surface area contributed by atoms with Crippen molar-refractivity contribution in [2.24, 2.45) is 13.0 Å². The zero-order chi connectivity index (χ0) is 21.0. The average Bonchev–Trinajstić information content (AvgIpc) is 2.92. The second-order valence-electron chi connectivity index (χ2n) is 7.01. The van der Waals surface area contributed by atoms with Gasteiger partial charge in [-0.15, -0.1) is 0 Å². The molecule has 28 heavy (non-hydrogen) atoms. The van der Waals surface area contributed by atoms with Crippen molar-refractivity contribution in [1.82, 2.24) is 9.88 Å². The van der Waals surface area contributed by atoms with E-state index in [0.717, 1.165) is 5.56 Å². The number of hydrogen-bond acceptors (Lipinski definition) is 3. The number of aliphatic carboxylic acids is 1. The molecule has 1 aromatic heterocycles. The lowest BCUT2D eigenvalue weighted by molar-refractivity contribution is -0.143. The Kier molecular flexibility index (Phi) is 7.02. The normalized spacial score (nSPS) is 13.0. The molecule has 0 saturated heterocycles. The van der Waals surface area contributed by atoms with E-state index in [2.05, 4.69) is 5.32 Å². The molecule has 1 aromatic carbocycles. The van der Waals surface area contributed by atoms with Gasteiger partial charge in [-0.2, -0.15) is 0 Å². The molecule has 0 bridgehead atoms. The van der Waals surface area contributed by atoms with Crippen molar-refractivity contribution in [3.63, 3.8) is 0 Å². The highest BCUT2D eigenvalue weighted by Gasteiger charge is 2.26. The van der Waals surface area contributed by atoms with Crippen LogP contribution in [0.4, 0.5) is 0 Å². The number of nitrogens with one attached hydrogen (secondary N) is 1. The molecule has 150 valence electrons. The number of carbonyl (C=O) groups is 3. The Labute approximate surface area is 169 Å². The summed E-state index contributed by atoms with van der Waals surface area (Å²) in [7, 11) is 1.72. The topological polar surface area (TPSA) is 88.4 Å². The number of rotatable bonds is 8. The number of amides is 1. The number of hydrogen-bond donors (Lipinski definition) is 2. The first kappa shape index (κ1) is 21.7. The van der Waals surface area contributed by atoms with Crippen molar-refractivity contribution in [1.29, 1.82) is 0 Å². The maximum absolute atomic E-state index is 12.9. The van der Waals surface area contributed by atoms with E-state index < -0.39 is 17.9 Å². The van der Waals surface area contributed by atoms with E-state index in [0.29, 0.717) is 28.4 Å². The highest BCUT2D eigenvalue weighted by atomic mass is 35.5. The molecule has 0 aliphatic heterocycles. The summed E-state index contributed by atoms with van der Waals surface area (Å²) in [6.07, 6.45) is 0.631. The van der Waals surface area contributed by atoms with E-state index in [9.17, 15) is 19.5 Å². The van der Waals surface area contributed by atoms with Crippen LogP contribution in [0.5, 0.6) is 0 Å². The molecule has 2 N–H and O–H groups in total. The Balaban J connectivity index is 2.21. The third-order valence-electron chi connectivity index (χ3n) is 4.98.